The van der Waals surface area contributed by atoms with Gasteiger partial charge in [-0.3, -0.25) is 9.48 Å². The van der Waals surface area contributed by atoms with Crippen molar-refractivity contribution in [3.63, 3.8) is 0 Å². The predicted molar refractivity (Wildman–Crippen MR) is 118 cm³/mol. The summed E-state index contributed by atoms with van der Waals surface area (Å²) in [7, 11) is -3.55. The molecule has 0 bridgehead atoms. The highest BCUT2D eigenvalue weighted by molar-refractivity contribution is 7.94. The van der Waals surface area contributed by atoms with E-state index in [-0.39, 0.29) is 28.4 Å². The molecule has 33 heavy (non-hydrogen) atoms. The van der Waals surface area contributed by atoms with Crippen molar-refractivity contribution in [3.05, 3.63) is 70.5 Å². The van der Waals surface area contributed by atoms with Crippen molar-refractivity contribution in [1.82, 2.24) is 14.7 Å². The standard InChI is InChI=1S/C22H18FN5O4S/c23-15-3-1-2-14(10-15)20-19(17-12-27(22(24)30)7-8-28(17)26-20)21(29)25-16-5-4-13-6-9-33(31,32)18(13)11-16/h1-6,9-11H,7-8,12H2,(H2,24,30)(H,25,29). The van der Waals surface area contributed by atoms with Crippen LogP contribution in [-0.2, 0) is 22.9 Å². The molecule has 0 fully saturated rings. The topological polar surface area (TPSA) is 127 Å². The molecule has 2 aromatic carbocycles. The third-order valence-corrected chi connectivity index (χ3v) is 7.08. The molecule has 0 saturated heterocycles. The van der Waals surface area contributed by atoms with E-state index in [0.29, 0.717) is 29.9 Å². The summed E-state index contributed by atoms with van der Waals surface area (Å²) >= 11 is 0. The number of rotatable bonds is 3. The Morgan fingerprint density at radius 3 is 2.70 bits per heavy atom. The van der Waals surface area contributed by atoms with Crippen LogP contribution in [-0.4, -0.2) is 41.6 Å². The third kappa shape index (κ3) is 3.65. The highest BCUT2D eigenvalue weighted by Gasteiger charge is 2.30. The first-order valence-corrected chi connectivity index (χ1v) is 11.6. The van der Waals surface area contributed by atoms with E-state index in [0.717, 1.165) is 5.41 Å². The normalized spacial score (nSPS) is 15.7. The molecule has 11 heteroatoms. The van der Waals surface area contributed by atoms with Gasteiger partial charge >= 0.3 is 6.03 Å². The van der Waals surface area contributed by atoms with Crippen LogP contribution in [0.2, 0.25) is 0 Å². The molecule has 168 valence electrons. The van der Waals surface area contributed by atoms with Crippen LogP contribution in [0.3, 0.4) is 0 Å². The fourth-order valence-corrected chi connectivity index (χ4v) is 5.24. The number of hydrogen-bond donors (Lipinski definition) is 2. The van der Waals surface area contributed by atoms with Crippen LogP contribution >= 0.6 is 0 Å². The van der Waals surface area contributed by atoms with Crippen LogP contribution in [0.4, 0.5) is 14.9 Å². The molecule has 3 N–H and O–H groups in total. The minimum atomic E-state index is -3.55. The minimum Gasteiger partial charge on any atom is -0.351 e. The number of amides is 3. The number of hydrogen-bond acceptors (Lipinski definition) is 5. The molecule has 0 spiro atoms. The molecule has 3 aromatic rings. The lowest BCUT2D eigenvalue weighted by atomic mass is 10.0. The van der Waals surface area contributed by atoms with Gasteiger partial charge in [0.05, 0.1) is 29.2 Å². The maximum Gasteiger partial charge on any atom is 0.315 e. The minimum absolute atomic E-state index is 0.0584. The highest BCUT2D eigenvalue weighted by atomic mass is 32.2. The number of carbonyl (C=O) groups is 2. The lowest BCUT2D eigenvalue weighted by molar-refractivity contribution is 0.102. The zero-order valence-electron chi connectivity index (χ0n) is 17.2. The summed E-state index contributed by atoms with van der Waals surface area (Å²) in [6.07, 6.45) is 1.49. The summed E-state index contributed by atoms with van der Waals surface area (Å²) in [5, 5.41) is 8.33. The van der Waals surface area contributed by atoms with Gasteiger partial charge in [-0.2, -0.15) is 5.10 Å². The van der Waals surface area contributed by atoms with Crippen LogP contribution < -0.4 is 11.1 Å². The van der Waals surface area contributed by atoms with E-state index in [4.69, 9.17) is 5.73 Å². The van der Waals surface area contributed by atoms with Gasteiger partial charge in [-0.1, -0.05) is 18.2 Å². The summed E-state index contributed by atoms with van der Waals surface area (Å²) in [5.41, 5.74) is 7.51. The Hall–Kier alpha value is -3.99. The second-order valence-electron chi connectivity index (χ2n) is 7.72. The number of fused-ring (bicyclic) bond motifs is 2. The van der Waals surface area contributed by atoms with Crippen molar-refractivity contribution in [2.75, 3.05) is 11.9 Å². The number of halogens is 1. The monoisotopic (exact) mass is 467 g/mol. The van der Waals surface area contributed by atoms with Gasteiger partial charge in [-0.25, -0.2) is 17.6 Å². The first-order chi connectivity index (χ1) is 15.7. The van der Waals surface area contributed by atoms with E-state index in [2.05, 4.69) is 10.4 Å². The number of anilines is 1. The zero-order chi connectivity index (χ0) is 23.3. The second-order valence-corrected chi connectivity index (χ2v) is 9.52. The Morgan fingerprint density at radius 2 is 1.94 bits per heavy atom. The van der Waals surface area contributed by atoms with Crippen LogP contribution in [0.15, 0.2) is 52.8 Å². The smallest absolute Gasteiger partial charge is 0.315 e. The van der Waals surface area contributed by atoms with E-state index >= 15 is 0 Å². The number of nitrogens with zero attached hydrogens (tertiary/aromatic N) is 3. The molecule has 2 aliphatic rings. The molecule has 0 unspecified atom stereocenters. The fourth-order valence-electron chi connectivity index (χ4n) is 4.01. The average molecular weight is 467 g/mol. The Balaban J connectivity index is 1.57. The Labute approximate surface area is 188 Å². The van der Waals surface area contributed by atoms with Gasteiger partial charge in [0.15, 0.2) is 0 Å². The largest absolute Gasteiger partial charge is 0.351 e. The first kappa shape index (κ1) is 20.9. The number of nitrogens with two attached hydrogens (primary N) is 1. The van der Waals surface area contributed by atoms with Crippen molar-refractivity contribution in [1.29, 1.82) is 0 Å². The lowest BCUT2D eigenvalue weighted by Gasteiger charge is -2.26. The number of aromatic nitrogens is 2. The van der Waals surface area contributed by atoms with E-state index < -0.39 is 27.6 Å². The molecular formula is C22H18FN5O4S. The molecule has 0 saturated carbocycles. The summed E-state index contributed by atoms with van der Waals surface area (Å²) in [6.45, 7) is 0.697. The summed E-state index contributed by atoms with van der Waals surface area (Å²) in [6, 6.07) is 9.65. The van der Waals surface area contributed by atoms with Gasteiger partial charge in [0, 0.05) is 23.2 Å². The van der Waals surface area contributed by atoms with Crippen molar-refractivity contribution < 1.29 is 22.4 Å². The molecule has 1 aromatic heterocycles. The number of nitrogens with one attached hydrogen (secondary N) is 1. The number of sulfone groups is 1. The van der Waals surface area contributed by atoms with Gasteiger partial charge in [0.2, 0.25) is 9.84 Å². The summed E-state index contributed by atoms with van der Waals surface area (Å²) < 4.78 is 39.9. The van der Waals surface area contributed by atoms with Crippen LogP contribution in [0, 0.1) is 5.82 Å². The van der Waals surface area contributed by atoms with Crippen LogP contribution in [0.5, 0.6) is 0 Å². The Kier molecular flexibility index (Phi) is 4.78. The van der Waals surface area contributed by atoms with Gasteiger partial charge in [-0.15, -0.1) is 0 Å². The van der Waals surface area contributed by atoms with Gasteiger partial charge in [0.25, 0.3) is 5.91 Å². The summed E-state index contributed by atoms with van der Waals surface area (Å²) in [5.74, 6) is -1.05. The average Bonchev–Trinajstić information content (AvgIpc) is 3.30. The van der Waals surface area contributed by atoms with Crippen LogP contribution in [0.1, 0.15) is 21.6 Å². The molecular weight excluding hydrogens is 449 g/mol. The maximum absolute atomic E-state index is 13.9. The first-order valence-electron chi connectivity index (χ1n) is 10.0. The number of benzene rings is 2. The molecule has 0 atom stereocenters. The van der Waals surface area contributed by atoms with E-state index in [1.807, 2.05) is 0 Å². The third-order valence-electron chi connectivity index (χ3n) is 5.62. The Morgan fingerprint density at radius 1 is 1.12 bits per heavy atom. The van der Waals surface area contributed by atoms with Crippen molar-refractivity contribution in [3.8, 4) is 11.3 Å². The van der Waals surface area contributed by atoms with Crippen LogP contribution in [0.25, 0.3) is 17.3 Å². The van der Waals surface area contributed by atoms with Crippen molar-refractivity contribution in [2.45, 2.75) is 18.0 Å². The van der Waals surface area contributed by atoms with Crippen molar-refractivity contribution >= 4 is 33.5 Å². The fraction of sp³-hybridized carbons (Fsp3) is 0.136. The van der Waals surface area contributed by atoms with Gasteiger partial charge in [0.1, 0.15) is 11.5 Å². The highest BCUT2D eigenvalue weighted by Crippen LogP contribution is 2.32. The second kappa shape index (κ2) is 7.55. The van der Waals surface area contributed by atoms with Gasteiger partial charge in [-0.05, 0) is 35.9 Å². The molecule has 9 nitrogen and oxygen atoms in total. The molecule has 3 heterocycles. The molecule has 0 aliphatic carbocycles. The molecule has 3 amide bonds. The zero-order valence-corrected chi connectivity index (χ0v) is 18.0. The van der Waals surface area contributed by atoms with Crippen molar-refractivity contribution in [2.24, 2.45) is 5.73 Å². The van der Waals surface area contributed by atoms with E-state index in [1.165, 1.54) is 35.2 Å². The molecule has 0 radical (unpaired) electrons. The predicted octanol–water partition coefficient (Wildman–Crippen LogP) is 2.59. The number of primary amides is 1. The Bertz CT molecular complexity index is 1460. The quantitative estimate of drug-likeness (QED) is 0.612. The molecule has 2 aliphatic heterocycles. The summed E-state index contributed by atoms with van der Waals surface area (Å²) in [4.78, 5) is 26.6. The lowest BCUT2D eigenvalue weighted by Crippen LogP contribution is -2.42. The van der Waals surface area contributed by atoms with E-state index in [1.54, 1.807) is 22.9 Å². The number of carbonyl (C=O) groups excluding carboxylic acids is 2. The molecule has 5 rings (SSSR count). The maximum atomic E-state index is 13.9. The SMILES string of the molecule is NC(=O)N1CCn2nc(-c3cccc(F)c3)c(C(=O)Nc3ccc4c(c3)S(=O)(=O)C=C4)c2C1. The van der Waals surface area contributed by atoms with E-state index in [9.17, 15) is 22.4 Å². The van der Waals surface area contributed by atoms with Gasteiger partial charge < -0.3 is 16.0 Å². The number of urea groups is 1.